The summed E-state index contributed by atoms with van der Waals surface area (Å²) >= 11 is 0. The van der Waals surface area contributed by atoms with Gasteiger partial charge in [-0.1, -0.05) is 42.5 Å². The van der Waals surface area contributed by atoms with Gasteiger partial charge in [-0.3, -0.25) is 4.98 Å². The lowest BCUT2D eigenvalue weighted by atomic mass is 10.0. The van der Waals surface area contributed by atoms with Crippen molar-refractivity contribution in [2.75, 3.05) is 13.1 Å². The van der Waals surface area contributed by atoms with Crippen LogP contribution in [-0.4, -0.2) is 34.3 Å². The first-order chi connectivity index (χ1) is 13.6. The van der Waals surface area contributed by atoms with Gasteiger partial charge in [0.05, 0.1) is 11.7 Å². The molecule has 0 saturated heterocycles. The van der Waals surface area contributed by atoms with Crippen LogP contribution < -0.4 is 5.32 Å². The Balaban J connectivity index is 0.00000225. The summed E-state index contributed by atoms with van der Waals surface area (Å²) in [6, 6.07) is 18.9. The summed E-state index contributed by atoms with van der Waals surface area (Å²) in [7, 11) is 0. The minimum Gasteiger partial charge on any atom is -0.478 e. The number of rotatable bonds is 9. The number of nitrogens with one attached hydrogen (secondary N) is 1. The highest BCUT2D eigenvalue weighted by Crippen LogP contribution is 2.21. The lowest BCUT2D eigenvalue weighted by Gasteiger charge is -2.11. The van der Waals surface area contributed by atoms with Crippen molar-refractivity contribution in [1.29, 1.82) is 0 Å². The maximum absolute atomic E-state index is 10.9. The third-order valence-electron chi connectivity index (χ3n) is 4.64. The minimum atomic E-state index is -0.913. The second-order valence-electron chi connectivity index (χ2n) is 6.69. The second-order valence-corrected chi connectivity index (χ2v) is 6.69. The average Bonchev–Trinajstić information content (AvgIpc) is 2.74. The van der Waals surface area contributed by atoms with Crippen molar-refractivity contribution >= 4 is 30.8 Å². The van der Waals surface area contributed by atoms with E-state index < -0.39 is 12.1 Å². The fourth-order valence-electron chi connectivity index (χ4n) is 3.02. The molecule has 0 bridgehead atoms. The lowest BCUT2D eigenvalue weighted by molar-refractivity contribution is 0.0697. The lowest BCUT2D eigenvalue weighted by Crippen LogP contribution is -2.22. The molecule has 3 rings (SSSR count). The zero-order valence-corrected chi connectivity index (χ0v) is 18.0. The van der Waals surface area contributed by atoms with Gasteiger partial charge in [0, 0.05) is 24.5 Å². The van der Waals surface area contributed by atoms with E-state index in [4.69, 9.17) is 5.11 Å². The Morgan fingerprint density at radius 1 is 0.967 bits per heavy atom. The van der Waals surface area contributed by atoms with Gasteiger partial charge < -0.3 is 15.5 Å². The molecular weight excluding hydrogens is 423 g/mol. The van der Waals surface area contributed by atoms with Crippen LogP contribution in [0.4, 0.5) is 0 Å². The van der Waals surface area contributed by atoms with Crippen LogP contribution in [0.25, 0.3) is 11.1 Å². The molecule has 0 aliphatic carbocycles. The summed E-state index contributed by atoms with van der Waals surface area (Å²) in [5.41, 5.74) is 4.44. The summed E-state index contributed by atoms with van der Waals surface area (Å²) in [5.74, 6) is -0.913. The molecule has 3 N–H and O–H groups in total. The maximum Gasteiger partial charge on any atom is 0.335 e. The summed E-state index contributed by atoms with van der Waals surface area (Å²) in [5, 5.41) is 22.3. The summed E-state index contributed by atoms with van der Waals surface area (Å²) < 4.78 is 0. The Labute approximate surface area is 189 Å². The van der Waals surface area contributed by atoms with E-state index in [0.717, 1.165) is 36.1 Å². The number of halogens is 2. The Bertz CT molecular complexity index is 889. The average molecular weight is 449 g/mol. The van der Waals surface area contributed by atoms with E-state index in [0.29, 0.717) is 12.1 Å². The van der Waals surface area contributed by atoms with Crippen molar-refractivity contribution in [2.24, 2.45) is 0 Å². The van der Waals surface area contributed by atoms with Gasteiger partial charge in [-0.25, -0.2) is 4.79 Å². The van der Waals surface area contributed by atoms with Crippen molar-refractivity contribution in [2.45, 2.75) is 18.9 Å². The first-order valence-electron chi connectivity index (χ1n) is 9.35. The van der Waals surface area contributed by atoms with Crippen LogP contribution in [0.2, 0.25) is 0 Å². The molecule has 3 aromatic rings. The third-order valence-corrected chi connectivity index (χ3v) is 4.64. The predicted molar refractivity (Wildman–Crippen MR) is 124 cm³/mol. The van der Waals surface area contributed by atoms with Crippen LogP contribution in [0.1, 0.15) is 34.0 Å². The Kier molecular flexibility index (Phi) is 11.1. The van der Waals surface area contributed by atoms with Crippen molar-refractivity contribution in [3.05, 3.63) is 89.7 Å². The first kappa shape index (κ1) is 25.6. The highest BCUT2D eigenvalue weighted by Gasteiger charge is 2.06. The molecule has 7 heteroatoms. The number of nitrogens with zero attached hydrogens (tertiary/aromatic N) is 1. The van der Waals surface area contributed by atoms with E-state index in [1.54, 1.807) is 24.5 Å². The molecule has 30 heavy (non-hydrogen) atoms. The van der Waals surface area contributed by atoms with Gasteiger partial charge in [0.25, 0.3) is 0 Å². The van der Waals surface area contributed by atoms with Crippen LogP contribution in [0.15, 0.2) is 73.1 Å². The molecule has 0 aliphatic heterocycles. The number of hydrogen-bond donors (Lipinski definition) is 3. The molecule has 0 unspecified atom stereocenters. The molecule has 160 valence electrons. The predicted octanol–water partition coefficient (Wildman–Crippen LogP) is 4.55. The Hall–Kier alpha value is -2.44. The number of aromatic carboxylic acids is 1. The molecule has 0 aliphatic rings. The minimum absolute atomic E-state index is 0. The van der Waals surface area contributed by atoms with E-state index in [1.165, 1.54) is 5.56 Å². The number of carboxylic acids is 1. The van der Waals surface area contributed by atoms with Gasteiger partial charge >= 0.3 is 5.97 Å². The zero-order chi connectivity index (χ0) is 19.8. The highest BCUT2D eigenvalue weighted by molar-refractivity contribution is 5.88. The molecule has 0 saturated carbocycles. The van der Waals surface area contributed by atoms with Gasteiger partial charge in [0.15, 0.2) is 0 Å². The number of aromatic nitrogens is 1. The normalized spacial score (nSPS) is 11.1. The largest absolute Gasteiger partial charge is 0.478 e. The van der Waals surface area contributed by atoms with E-state index in [-0.39, 0.29) is 24.8 Å². The molecule has 5 nitrogen and oxygen atoms in total. The molecule has 1 heterocycles. The third kappa shape index (κ3) is 7.43. The quantitative estimate of drug-likeness (QED) is 0.418. The molecule has 1 atom stereocenters. The zero-order valence-electron chi connectivity index (χ0n) is 16.4. The number of aliphatic hydroxyl groups is 1. The number of aliphatic hydroxyl groups excluding tert-OH is 1. The summed E-state index contributed by atoms with van der Waals surface area (Å²) in [4.78, 5) is 14.9. The van der Waals surface area contributed by atoms with E-state index >= 15 is 0 Å². The molecule has 0 spiro atoms. The molecular formula is C23H26Cl2N2O3. The van der Waals surface area contributed by atoms with Gasteiger partial charge in [0.2, 0.25) is 0 Å². The van der Waals surface area contributed by atoms with Crippen molar-refractivity contribution in [3.63, 3.8) is 0 Å². The van der Waals surface area contributed by atoms with Crippen molar-refractivity contribution in [1.82, 2.24) is 10.3 Å². The number of aryl methyl sites for hydroxylation is 1. The Morgan fingerprint density at radius 2 is 1.60 bits per heavy atom. The van der Waals surface area contributed by atoms with Crippen LogP contribution in [-0.2, 0) is 6.42 Å². The van der Waals surface area contributed by atoms with Crippen LogP contribution in [0.5, 0.6) is 0 Å². The number of pyridine rings is 1. The Morgan fingerprint density at radius 3 is 2.17 bits per heavy atom. The SMILES string of the molecule is Cl.Cl.O=C(O)c1ccc(-c2ccc(CCCNC[C@@H](O)c3cccnc3)cc2)cc1. The van der Waals surface area contributed by atoms with E-state index in [2.05, 4.69) is 34.6 Å². The number of benzene rings is 2. The van der Waals surface area contributed by atoms with Crippen LogP contribution in [0.3, 0.4) is 0 Å². The molecule has 0 fully saturated rings. The second kappa shape index (κ2) is 13.0. The van der Waals surface area contributed by atoms with Gasteiger partial charge in [-0.2, -0.15) is 0 Å². The van der Waals surface area contributed by atoms with Crippen molar-refractivity contribution in [3.8, 4) is 11.1 Å². The molecule has 0 amide bonds. The number of carbonyl (C=O) groups is 1. The van der Waals surface area contributed by atoms with Crippen molar-refractivity contribution < 1.29 is 15.0 Å². The van der Waals surface area contributed by atoms with E-state index in [1.807, 2.05) is 24.3 Å². The topological polar surface area (TPSA) is 82.5 Å². The van der Waals surface area contributed by atoms with Crippen LogP contribution >= 0.6 is 24.8 Å². The van der Waals surface area contributed by atoms with Gasteiger partial charge in [0.1, 0.15) is 0 Å². The highest BCUT2D eigenvalue weighted by atomic mass is 35.5. The number of hydrogen-bond acceptors (Lipinski definition) is 4. The summed E-state index contributed by atoms with van der Waals surface area (Å²) in [6.45, 7) is 1.34. The first-order valence-corrected chi connectivity index (χ1v) is 9.35. The fraction of sp³-hybridized carbons (Fsp3) is 0.217. The monoisotopic (exact) mass is 448 g/mol. The number of carboxylic acid groups (broad SMARTS) is 1. The fourth-order valence-corrected chi connectivity index (χ4v) is 3.02. The molecule has 2 aromatic carbocycles. The maximum atomic E-state index is 10.9. The molecule has 1 aromatic heterocycles. The van der Waals surface area contributed by atoms with E-state index in [9.17, 15) is 9.90 Å². The van der Waals surface area contributed by atoms with Gasteiger partial charge in [-0.05, 0) is 54.3 Å². The smallest absolute Gasteiger partial charge is 0.335 e. The molecule has 0 radical (unpaired) electrons. The standard InChI is InChI=1S/C23H24N2O3.2ClH/c26-22(21-4-2-14-24-15-21)16-25-13-1-3-17-5-7-18(8-6-17)19-9-11-20(12-10-19)23(27)28;;/h2,4-12,14-15,22,25-26H,1,3,13,16H2,(H,27,28);2*1H/t22-;;/m1../s1. The van der Waals surface area contributed by atoms with Crippen LogP contribution in [0, 0.1) is 0 Å². The van der Waals surface area contributed by atoms with Gasteiger partial charge in [-0.15, -0.1) is 24.8 Å². The summed E-state index contributed by atoms with van der Waals surface area (Å²) in [6.07, 6.45) is 4.77.